The molecule has 0 fully saturated rings. The molecule has 2 aromatic heterocycles. The third-order valence-electron chi connectivity index (χ3n) is 5.96. The molecule has 1 aliphatic heterocycles. The van der Waals surface area contributed by atoms with Gasteiger partial charge < -0.3 is 25.3 Å². The Kier molecular flexibility index (Phi) is 6.99. The molecule has 4 rings (SSSR count). The lowest BCUT2D eigenvalue weighted by molar-refractivity contribution is -0.143. The number of carbonyl (C=O) groups is 3. The first-order chi connectivity index (χ1) is 17.3. The highest BCUT2D eigenvalue weighted by atomic mass is 16.6. The summed E-state index contributed by atoms with van der Waals surface area (Å²) in [5, 5.41) is 6.72. The van der Waals surface area contributed by atoms with Gasteiger partial charge in [-0.05, 0) is 70.9 Å². The van der Waals surface area contributed by atoms with Crippen LogP contribution >= 0.6 is 0 Å². The summed E-state index contributed by atoms with van der Waals surface area (Å²) in [4.78, 5) is 49.7. The highest BCUT2D eigenvalue weighted by molar-refractivity contribution is 5.97. The molecule has 37 heavy (non-hydrogen) atoms. The second kappa shape index (κ2) is 9.88. The summed E-state index contributed by atoms with van der Waals surface area (Å²) >= 11 is 0. The molecule has 0 bridgehead atoms. The maximum atomic E-state index is 14.1. The molecule has 3 aromatic rings. The molecular weight excluding hydrogens is 470 g/mol. The van der Waals surface area contributed by atoms with Crippen molar-refractivity contribution in [2.24, 2.45) is 0 Å². The Morgan fingerprint density at radius 2 is 1.76 bits per heavy atom. The van der Waals surface area contributed by atoms with Gasteiger partial charge in [0.25, 0.3) is 0 Å². The van der Waals surface area contributed by atoms with Crippen LogP contribution in [-0.2, 0) is 27.3 Å². The zero-order valence-electron chi connectivity index (χ0n) is 22.2. The summed E-state index contributed by atoms with van der Waals surface area (Å²) in [5.41, 5.74) is 1.88. The van der Waals surface area contributed by atoms with E-state index in [4.69, 9.17) is 4.74 Å². The third kappa shape index (κ3) is 6.10. The van der Waals surface area contributed by atoms with E-state index in [9.17, 15) is 14.4 Å². The molecule has 1 aliphatic rings. The average Bonchev–Trinajstić information content (AvgIpc) is 3.09. The van der Waals surface area contributed by atoms with Crippen molar-refractivity contribution in [3.63, 3.8) is 0 Å². The summed E-state index contributed by atoms with van der Waals surface area (Å²) in [6.07, 6.45) is 2.82. The van der Waals surface area contributed by atoms with Crippen LogP contribution in [0, 0.1) is 0 Å². The Bertz CT molecular complexity index is 1300. The largest absolute Gasteiger partial charge is 0.444 e. The van der Waals surface area contributed by atoms with Crippen molar-refractivity contribution in [2.75, 3.05) is 0 Å². The number of aromatic amines is 1. The van der Waals surface area contributed by atoms with E-state index in [1.54, 1.807) is 45.3 Å². The molecule has 1 aromatic carbocycles. The van der Waals surface area contributed by atoms with Gasteiger partial charge in [-0.3, -0.25) is 14.6 Å². The van der Waals surface area contributed by atoms with Crippen molar-refractivity contribution >= 4 is 28.8 Å². The first-order valence-corrected chi connectivity index (χ1v) is 12.4. The van der Waals surface area contributed by atoms with E-state index < -0.39 is 29.3 Å². The minimum atomic E-state index is -0.937. The molecule has 0 saturated carbocycles. The van der Waals surface area contributed by atoms with Gasteiger partial charge in [0.15, 0.2) is 6.04 Å². The zero-order chi connectivity index (χ0) is 27.0. The molecule has 9 nitrogen and oxygen atoms in total. The van der Waals surface area contributed by atoms with Crippen molar-refractivity contribution in [3.8, 4) is 0 Å². The lowest BCUT2D eigenvalue weighted by Crippen LogP contribution is -2.53. The van der Waals surface area contributed by atoms with Gasteiger partial charge in [0.2, 0.25) is 11.8 Å². The average molecular weight is 506 g/mol. The topological polar surface area (TPSA) is 116 Å². The highest BCUT2D eigenvalue weighted by Gasteiger charge is 2.43. The molecule has 2 atom stereocenters. The Morgan fingerprint density at radius 1 is 1.08 bits per heavy atom. The van der Waals surface area contributed by atoms with Crippen molar-refractivity contribution in [2.45, 2.75) is 77.7 Å². The van der Waals surface area contributed by atoms with E-state index in [0.717, 1.165) is 22.0 Å². The molecule has 196 valence electrons. The van der Waals surface area contributed by atoms with E-state index in [2.05, 4.69) is 20.6 Å². The number of benzene rings is 1. The van der Waals surface area contributed by atoms with Crippen LogP contribution < -0.4 is 10.6 Å². The van der Waals surface area contributed by atoms with Crippen molar-refractivity contribution < 1.29 is 19.1 Å². The summed E-state index contributed by atoms with van der Waals surface area (Å²) < 4.78 is 5.46. The third-order valence-corrected chi connectivity index (χ3v) is 5.96. The molecule has 0 spiro atoms. The number of amides is 3. The lowest BCUT2D eigenvalue weighted by Gasteiger charge is -2.33. The SMILES string of the molecule is CC(C)(C)NC(=O)[C@H]1c2[nH]c3ccccc3c2C[C@H](NC(=O)OC(C)(C)C)C(=O)N1Cc1ccncc1. The maximum Gasteiger partial charge on any atom is 0.408 e. The number of fused-ring (bicyclic) bond motifs is 3. The number of aromatic nitrogens is 2. The number of nitrogens with zero attached hydrogens (tertiary/aromatic N) is 2. The van der Waals surface area contributed by atoms with E-state index in [0.29, 0.717) is 5.69 Å². The van der Waals surface area contributed by atoms with E-state index in [-0.39, 0.29) is 24.8 Å². The van der Waals surface area contributed by atoms with Gasteiger partial charge >= 0.3 is 6.09 Å². The predicted molar refractivity (Wildman–Crippen MR) is 141 cm³/mol. The molecular formula is C28H35N5O4. The summed E-state index contributed by atoms with van der Waals surface area (Å²) in [7, 11) is 0. The number of carbonyl (C=O) groups excluding carboxylic acids is 3. The fourth-order valence-electron chi connectivity index (χ4n) is 4.58. The fraction of sp³-hybridized carbons (Fsp3) is 0.429. The zero-order valence-corrected chi connectivity index (χ0v) is 22.2. The molecule has 0 saturated heterocycles. The van der Waals surface area contributed by atoms with Crippen LogP contribution in [0.1, 0.15) is 64.4 Å². The molecule has 3 amide bonds. The molecule has 0 unspecified atom stereocenters. The number of alkyl carbamates (subject to hydrolysis) is 1. The van der Waals surface area contributed by atoms with Crippen molar-refractivity contribution in [1.82, 2.24) is 25.5 Å². The molecule has 0 aliphatic carbocycles. The second-order valence-corrected chi connectivity index (χ2v) is 11.4. The van der Waals surface area contributed by atoms with Gasteiger partial charge in [-0.25, -0.2) is 4.79 Å². The normalized spacial score (nSPS) is 18.2. The second-order valence-electron chi connectivity index (χ2n) is 11.4. The van der Waals surface area contributed by atoms with Gasteiger partial charge in [0.05, 0.1) is 5.69 Å². The smallest absolute Gasteiger partial charge is 0.408 e. The van der Waals surface area contributed by atoms with Gasteiger partial charge in [-0.15, -0.1) is 0 Å². The van der Waals surface area contributed by atoms with Gasteiger partial charge in [0, 0.05) is 41.8 Å². The lowest BCUT2D eigenvalue weighted by atomic mass is 10.0. The Hall–Kier alpha value is -3.88. The van der Waals surface area contributed by atoms with Crippen LogP contribution in [0.5, 0.6) is 0 Å². The van der Waals surface area contributed by atoms with Crippen LogP contribution in [0.25, 0.3) is 10.9 Å². The van der Waals surface area contributed by atoms with Gasteiger partial charge in [0.1, 0.15) is 11.6 Å². The number of para-hydroxylation sites is 1. The van der Waals surface area contributed by atoms with Crippen LogP contribution in [0.4, 0.5) is 4.79 Å². The number of hydrogen-bond acceptors (Lipinski definition) is 5. The summed E-state index contributed by atoms with van der Waals surface area (Å²) in [6.45, 7) is 11.2. The van der Waals surface area contributed by atoms with E-state index in [1.165, 1.54) is 4.90 Å². The minimum absolute atomic E-state index is 0.158. The first kappa shape index (κ1) is 26.2. The quantitative estimate of drug-likeness (QED) is 0.496. The van der Waals surface area contributed by atoms with Crippen LogP contribution in [0.15, 0.2) is 48.8 Å². The molecule has 3 N–H and O–H groups in total. The number of H-pyrrole nitrogens is 1. The number of ether oxygens (including phenoxy) is 1. The van der Waals surface area contributed by atoms with Gasteiger partial charge in [-0.2, -0.15) is 0 Å². The number of nitrogens with one attached hydrogen (secondary N) is 3. The first-order valence-electron chi connectivity index (χ1n) is 12.4. The summed E-state index contributed by atoms with van der Waals surface area (Å²) in [5.74, 6) is -0.675. The Balaban J connectivity index is 1.85. The fourth-order valence-corrected chi connectivity index (χ4v) is 4.58. The van der Waals surface area contributed by atoms with Crippen molar-refractivity contribution in [3.05, 3.63) is 65.6 Å². The van der Waals surface area contributed by atoms with E-state index in [1.807, 2.05) is 45.0 Å². The number of pyridine rings is 1. The minimum Gasteiger partial charge on any atom is -0.444 e. The standard InChI is InChI=1S/C28H35N5O4/c1-27(2,3)32-24(34)23-22-19(18-9-7-8-10-20(18)30-22)15-21(31-26(36)37-28(4,5)6)25(35)33(23)16-17-11-13-29-14-12-17/h7-14,21,23,30H,15-16H2,1-6H3,(H,31,36)(H,32,34)/t21-,23+/m0/s1. The van der Waals surface area contributed by atoms with Crippen LogP contribution in [0.2, 0.25) is 0 Å². The van der Waals surface area contributed by atoms with Gasteiger partial charge in [-0.1, -0.05) is 18.2 Å². The molecule has 3 heterocycles. The molecule has 9 heteroatoms. The van der Waals surface area contributed by atoms with Crippen LogP contribution in [-0.4, -0.2) is 50.0 Å². The Labute approximate surface area is 217 Å². The van der Waals surface area contributed by atoms with Crippen LogP contribution in [0.3, 0.4) is 0 Å². The number of rotatable bonds is 4. The predicted octanol–water partition coefficient (Wildman–Crippen LogP) is 4.00. The maximum absolute atomic E-state index is 14.1. The molecule has 0 radical (unpaired) electrons. The number of hydrogen-bond donors (Lipinski definition) is 3. The van der Waals surface area contributed by atoms with Crippen molar-refractivity contribution in [1.29, 1.82) is 0 Å². The summed E-state index contributed by atoms with van der Waals surface area (Å²) in [6, 6.07) is 9.47. The highest BCUT2D eigenvalue weighted by Crippen LogP contribution is 2.36. The van der Waals surface area contributed by atoms with E-state index >= 15 is 0 Å². The Morgan fingerprint density at radius 3 is 2.41 bits per heavy atom. The monoisotopic (exact) mass is 505 g/mol.